The average Bonchev–Trinajstić information content (AvgIpc) is 2.20. The first-order valence-electron chi connectivity index (χ1n) is 4.08. The van der Waals surface area contributed by atoms with Crippen molar-refractivity contribution in [2.45, 2.75) is 13.1 Å². The SMILES string of the molecule is O=C(CBr)Cc1ccc(Cl)cc1CF. The van der Waals surface area contributed by atoms with Crippen molar-refractivity contribution in [1.82, 2.24) is 0 Å². The summed E-state index contributed by atoms with van der Waals surface area (Å²) in [5, 5.41) is 0.786. The zero-order valence-corrected chi connectivity index (χ0v) is 9.74. The third-order valence-electron chi connectivity index (χ3n) is 1.85. The normalized spacial score (nSPS) is 10.2. The van der Waals surface area contributed by atoms with Gasteiger partial charge in [0, 0.05) is 11.4 Å². The Morgan fingerprint density at radius 2 is 2.14 bits per heavy atom. The molecule has 76 valence electrons. The highest BCUT2D eigenvalue weighted by atomic mass is 79.9. The molecule has 0 saturated carbocycles. The van der Waals surface area contributed by atoms with Crippen LogP contribution < -0.4 is 0 Å². The molecule has 0 amide bonds. The van der Waals surface area contributed by atoms with Gasteiger partial charge in [-0.2, -0.15) is 0 Å². The molecule has 0 aliphatic rings. The van der Waals surface area contributed by atoms with Gasteiger partial charge in [0.15, 0.2) is 0 Å². The summed E-state index contributed by atoms with van der Waals surface area (Å²) in [7, 11) is 0. The minimum atomic E-state index is -0.592. The standard InChI is InChI=1S/C10H9BrClFO/c11-5-10(14)4-7-1-2-9(12)3-8(7)6-13/h1-3H,4-6H2. The Labute approximate surface area is 95.4 Å². The van der Waals surface area contributed by atoms with Gasteiger partial charge in [0.25, 0.3) is 0 Å². The third-order valence-corrected chi connectivity index (χ3v) is 2.71. The van der Waals surface area contributed by atoms with Crippen LogP contribution in [0.3, 0.4) is 0 Å². The number of halogens is 3. The van der Waals surface area contributed by atoms with Crippen molar-refractivity contribution in [2.75, 3.05) is 5.33 Å². The minimum Gasteiger partial charge on any atom is -0.298 e. The van der Waals surface area contributed by atoms with E-state index in [4.69, 9.17) is 11.6 Å². The molecule has 14 heavy (non-hydrogen) atoms. The van der Waals surface area contributed by atoms with Crippen LogP contribution in [0.2, 0.25) is 5.02 Å². The van der Waals surface area contributed by atoms with E-state index in [0.29, 0.717) is 21.5 Å². The first-order chi connectivity index (χ1) is 6.67. The van der Waals surface area contributed by atoms with E-state index in [1.807, 2.05) is 0 Å². The van der Waals surface area contributed by atoms with Gasteiger partial charge in [0.05, 0.1) is 5.33 Å². The van der Waals surface area contributed by atoms with Crippen molar-refractivity contribution in [1.29, 1.82) is 0 Å². The summed E-state index contributed by atoms with van der Waals surface area (Å²) < 4.78 is 12.5. The van der Waals surface area contributed by atoms with E-state index in [1.165, 1.54) is 0 Å². The van der Waals surface area contributed by atoms with Gasteiger partial charge < -0.3 is 0 Å². The molecule has 4 heteroatoms. The maximum Gasteiger partial charge on any atom is 0.147 e. The van der Waals surface area contributed by atoms with Gasteiger partial charge >= 0.3 is 0 Å². The lowest BCUT2D eigenvalue weighted by atomic mass is 10.0. The summed E-state index contributed by atoms with van der Waals surface area (Å²) in [5.41, 5.74) is 1.20. The van der Waals surface area contributed by atoms with Crippen molar-refractivity contribution < 1.29 is 9.18 Å². The van der Waals surface area contributed by atoms with Gasteiger partial charge in [-0.05, 0) is 23.3 Å². The first-order valence-corrected chi connectivity index (χ1v) is 5.58. The highest BCUT2D eigenvalue weighted by Crippen LogP contribution is 2.18. The summed E-state index contributed by atoms with van der Waals surface area (Å²) in [6.07, 6.45) is 0.252. The molecule has 0 fully saturated rings. The van der Waals surface area contributed by atoms with Crippen LogP contribution in [0.4, 0.5) is 4.39 Å². The molecule has 0 saturated heterocycles. The topological polar surface area (TPSA) is 17.1 Å². The average molecular weight is 280 g/mol. The first kappa shape index (κ1) is 11.7. The number of ketones is 1. The molecule has 0 aliphatic heterocycles. The fourth-order valence-electron chi connectivity index (χ4n) is 1.15. The fourth-order valence-corrected chi connectivity index (χ4v) is 1.54. The summed E-state index contributed by atoms with van der Waals surface area (Å²) in [4.78, 5) is 11.1. The zero-order valence-electron chi connectivity index (χ0n) is 7.40. The number of carbonyl (C=O) groups excluding carboxylic acids is 1. The summed E-state index contributed by atoms with van der Waals surface area (Å²) >= 11 is 8.77. The van der Waals surface area contributed by atoms with Crippen molar-refractivity contribution in [3.8, 4) is 0 Å². The highest BCUT2D eigenvalue weighted by molar-refractivity contribution is 9.09. The number of carbonyl (C=O) groups is 1. The van der Waals surface area contributed by atoms with Crippen LogP contribution in [0.15, 0.2) is 18.2 Å². The van der Waals surface area contributed by atoms with Crippen LogP contribution in [-0.2, 0) is 17.9 Å². The van der Waals surface area contributed by atoms with Crippen LogP contribution in [-0.4, -0.2) is 11.1 Å². The van der Waals surface area contributed by atoms with Crippen LogP contribution >= 0.6 is 27.5 Å². The molecule has 0 bridgehead atoms. The Balaban J connectivity index is 2.90. The largest absolute Gasteiger partial charge is 0.298 e. The van der Waals surface area contributed by atoms with E-state index in [9.17, 15) is 9.18 Å². The maximum absolute atomic E-state index is 12.5. The Hall–Kier alpha value is -0.410. The van der Waals surface area contributed by atoms with E-state index < -0.39 is 6.67 Å². The van der Waals surface area contributed by atoms with Gasteiger partial charge in [-0.25, -0.2) is 4.39 Å². The predicted octanol–water partition coefficient (Wildman–Crippen LogP) is 3.32. The molecule has 0 N–H and O–H groups in total. The lowest BCUT2D eigenvalue weighted by Crippen LogP contribution is -2.05. The van der Waals surface area contributed by atoms with Crippen LogP contribution in [0.25, 0.3) is 0 Å². The van der Waals surface area contributed by atoms with E-state index >= 15 is 0 Å². The Bertz CT molecular complexity index is 341. The molecule has 0 atom stereocenters. The summed E-state index contributed by atoms with van der Waals surface area (Å²) in [6, 6.07) is 4.91. The van der Waals surface area contributed by atoms with E-state index in [-0.39, 0.29) is 12.2 Å². The number of hydrogen-bond donors (Lipinski definition) is 0. The molecule has 1 nitrogen and oxygen atoms in total. The molecule has 0 heterocycles. The molecule has 1 aromatic rings. The molecule has 0 aliphatic carbocycles. The second kappa shape index (κ2) is 5.47. The van der Waals surface area contributed by atoms with Crippen molar-refractivity contribution in [3.63, 3.8) is 0 Å². The van der Waals surface area contributed by atoms with E-state index in [1.54, 1.807) is 18.2 Å². The molecule has 0 spiro atoms. The second-order valence-corrected chi connectivity index (χ2v) is 3.89. The number of alkyl halides is 2. The van der Waals surface area contributed by atoms with Crippen LogP contribution in [0.1, 0.15) is 11.1 Å². The fraction of sp³-hybridized carbons (Fsp3) is 0.300. The second-order valence-electron chi connectivity index (χ2n) is 2.90. The number of rotatable bonds is 4. The lowest BCUT2D eigenvalue weighted by molar-refractivity contribution is -0.115. The van der Waals surface area contributed by atoms with Gasteiger partial charge in [0.2, 0.25) is 0 Å². The highest BCUT2D eigenvalue weighted by Gasteiger charge is 2.07. The monoisotopic (exact) mass is 278 g/mol. The summed E-state index contributed by atoms with van der Waals surface area (Å²) in [5.74, 6) is 0.0297. The zero-order chi connectivity index (χ0) is 10.6. The lowest BCUT2D eigenvalue weighted by Gasteiger charge is -2.05. The van der Waals surface area contributed by atoms with Gasteiger partial charge in [-0.3, -0.25) is 4.79 Å². The molecule has 0 aromatic heterocycles. The Morgan fingerprint density at radius 1 is 1.43 bits per heavy atom. The van der Waals surface area contributed by atoms with Gasteiger partial charge in [0.1, 0.15) is 12.5 Å². The predicted molar refractivity (Wildman–Crippen MR) is 58.8 cm³/mol. The minimum absolute atomic E-state index is 0.0297. The van der Waals surface area contributed by atoms with Gasteiger partial charge in [-0.15, -0.1) is 0 Å². The quantitative estimate of drug-likeness (QED) is 0.773. The van der Waals surface area contributed by atoms with Crippen LogP contribution in [0, 0.1) is 0 Å². The Kier molecular flexibility index (Phi) is 4.55. The molecular weight excluding hydrogens is 270 g/mol. The third kappa shape index (κ3) is 3.07. The number of Topliss-reactive ketones (excluding diaryl/α,β-unsaturated/α-hetero) is 1. The van der Waals surface area contributed by atoms with E-state index in [2.05, 4.69) is 15.9 Å². The molecular formula is C10H9BrClFO. The molecule has 1 aromatic carbocycles. The smallest absolute Gasteiger partial charge is 0.147 e. The number of benzene rings is 1. The van der Waals surface area contributed by atoms with Crippen molar-refractivity contribution in [3.05, 3.63) is 34.3 Å². The van der Waals surface area contributed by atoms with Crippen molar-refractivity contribution >= 4 is 33.3 Å². The summed E-state index contributed by atoms with van der Waals surface area (Å²) in [6.45, 7) is -0.592. The maximum atomic E-state index is 12.5. The molecule has 1 rings (SSSR count). The van der Waals surface area contributed by atoms with Crippen LogP contribution in [0.5, 0.6) is 0 Å². The van der Waals surface area contributed by atoms with E-state index in [0.717, 1.165) is 0 Å². The molecule has 0 radical (unpaired) electrons. The molecule has 0 unspecified atom stereocenters. The Morgan fingerprint density at radius 3 is 2.71 bits per heavy atom. The van der Waals surface area contributed by atoms with Gasteiger partial charge in [-0.1, -0.05) is 33.6 Å². The van der Waals surface area contributed by atoms with Crippen molar-refractivity contribution in [2.24, 2.45) is 0 Å². The number of hydrogen-bond acceptors (Lipinski definition) is 1.